The number of aliphatic hydroxyl groups excluding tert-OH is 4. The Morgan fingerprint density at radius 3 is 2.33 bits per heavy atom. The molecule has 1 aliphatic heterocycles. The molecule has 164 valence electrons. The summed E-state index contributed by atoms with van der Waals surface area (Å²) in [7, 11) is 1.57. The van der Waals surface area contributed by atoms with Crippen LogP contribution in [0.3, 0.4) is 0 Å². The lowest BCUT2D eigenvalue weighted by molar-refractivity contribution is -0.231. The fourth-order valence-electron chi connectivity index (χ4n) is 3.67. The molecule has 0 saturated carbocycles. The highest BCUT2D eigenvalue weighted by Gasteiger charge is 2.44. The maximum Gasteiger partial charge on any atom is 0.119 e. The molecule has 3 rings (SSSR count). The van der Waals surface area contributed by atoms with Crippen molar-refractivity contribution in [1.82, 2.24) is 0 Å². The summed E-state index contributed by atoms with van der Waals surface area (Å²) in [6.07, 6.45) is -6.67. The number of ether oxygens (including phenoxy) is 3. The van der Waals surface area contributed by atoms with Crippen molar-refractivity contribution in [3.63, 3.8) is 0 Å². The molecular formula is C22H27ClO7. The maximum absolute atomic E-state index is 10.4. The van der Waals surface area contributed by atoms with Gasteiger partial charge in [-0.25, -0.2) is 0 Å². The summed E-state index contributed by atoms with van der Waals surface area (Å²) < 4.78 is 16.8. The first-order chi connectivity index (χ1) is 14.4. The van der Waals surface area contributed by atoms with E-state index in [9.17, 15) is 20.4 Å². The highest BCUT2D eigenvalue weighted by atomic mass is 35.5. The average Bonchev–Trinajstić information content (AvgIpc) is 2.76. The molecule has 1 fully saturated rings. The minimum atomic E-state index is -1.45. The van der Waals surface area contributed by atoms with Crippen LogP contribution in [0.2, 0.25) is 5.02 Å². The van der Waals surface area contributed by atoms with Gasteiger partial charge in [-0.1, -0.05) is 29.8 Å². The molecule has 0 amide bonds. The Morgan fingerprint density at radius 2 is 1.73 bits per heavy atom. The SMILES string of the molecule is CCOc1ccc(C(OC)c2cc([C@@H]3O[C@H](CO)[C@@H](O)[C@H](O)[C@H]3O)ccc2Cl)cc1. The van der Waals surface area contributed by atoms with Crippen LogP contribution in [-0.4, -0.2) is 65.2 Å². The third-order valence-corrected chi connectivity index (χ3v) is 5.60. The standard InChI is InChI=1S/C22H27ClO7/c1-3-29-14-7-4-12(5-8-14)21(28-2)15-10-13(6-9-16(15)23)22-20(27)19(26)18(25)17(11-24)30-22/h4-10,17-22,24-27H,3,11H2,1-2H3/t17-,18-,19+,20-,21?,22+/m1/s1. The van der Waals surface area contributed by atoms with E-state index in [0.717, 1.165) is 11.3 Å². The topological polar surface area (TPSA) is 109 Å². The monoisotopic (exact) mass is 438 g/mol. The Bertz CT molecular complexity index is 827. The molecule has 2 aromatic rings. The van der Waals surface area contributed by atoms with Gasteiger partial charge in [0.05, 0.1) is 13.2 Å². The Kier molecular flexibility index (Phi) is 7.70. The third-order valence-electron chi connectivity index (χ3n) is 5.25. The van der Waals surface area contributed by atoms with Gasteiger partial charge in [0.15, 0.2) is 0 Å². The van der Waals surface area contributed by atoms with Crippen molar-refractivity contribution >= 4 is 11.6 Å². The Labute approximate surface area is 180 Å². The van der Waals surface area contributed by atoms with E-state index in [4.69, 9.17) is 25.8 Å². The van der Waals surface area contributed by atoms with Crippen molar-refractivity contribution in [2.75, 3.05) is 20.3 Å². The number of benzene rings is 2. The zero-order valence-corrected chi connectivity index (χ0v) is 17.6. The summed E-state index contributed by atoms with van der Waals surface area (Å²) in [5.41, 5.74) is 2.05. The van der Waals surface area contributed by atoms with Crippen LogP contribution in [0.5, 0.6) is 5.75 Å². The van der Waals surface area contributed by atoms with E-state index in [1.54, 1.807) is 25.3 Å². The second kappa shape index (κ2) is 10.1. The van der Waals surface area contributed by atoms with Crippen LogP contribution in [0.15, 0.2) is 42.5 Å². The van der Waals surface area contributed by atoms with Gasteiger partial charge in [0.25, 0.3) is 0 Å². The lowest BCUT2D eigenvalue weighted by Crippen LogP contribution is -2.55. The van der Waals surface area contributed by atoms with Gasteiger partial charge in [-0.2, -0.15) is 0 Å². The molecule has 4 N–H and O–H groups in total. The first-order valence-corrected chi connectivity index (χ1v) is 10.1. The molecule has 30 heavy (non-hydrogen) atoms. The van der Waals surface area contributed by atoms with Crippen molar-refractivity contribution < 1.29 is 34.6 Å². The minimum absolute atomic E-state index is 0.462. The van der Waals surface area contributed by atoms with E-state index in [2.05, 4.69) is 0 Å². The van der Waals surface area contributed by atoms with Gasteiger partial charge >= 0.3 is 0 Å². The van der Waals surface area contributed by atoms with E-state index < -0.39 is 43.2 Å². The van der Waals surface area contributed by atoms with Gasteiger partial charge in [0.2, 0.25) is 0 Å². The number of hydrogen-bond donors (Lipinski definition) is 4. The lowest BCUT2D eigenvalue weighted by atomic mass is 9.89. The van der Waals surface area contributed by atoms with E-state index in [-0.39, 0.29) is 0 Å². The van der Waals surface area contributed by atoms with Gasteiger partial charge in [-0.05, 0) is 42.3 Å². The van der Waals surface area contributed by atoms with Crippen LogP contribution < -0.4 is 4.74 Å². The molecule has 0 bridgehead atoms. The van der Waals surface area contributed by atoms with E-state index in [0.29, 0.717) is 22.8 Å². The molecule has 0 aliphatic carbocycles. The van der Waals surface area contributed by atoms with Gasteiger partial charge in [0.1, 0.15) is 42.4 Å². The molecule has 0 aromatic heterocycles. The largest absolute Gasteiger partial charge is 0.494 e. The van der Waals surface area contributed by atoms with Crippen molar-refractivity contribution in [2.45, 2.75) is 43.5 Å². The summed E-state index contributed by atoms with van der Waals surface area (Å²) in [6, 6.07) is 12.5. The molecule has 8 heteroatoms. The molecular weight excluding hydrogens is 412 g/mol. The second-order valence-electron chi connectivity index (χ2n) is 7.15. The maximum atomic E-state index is 10.4. The van der Waals surface area contributed by atoms with Gasteiger partial charge in [0, 0.05) is 17.7 Å². The number of rotatable bonds is 7. The van der Waals surface area contributed by atoms with Crippen LogP contribution in [0.1, 0.15) is 35.8 Å². The zero-order valence-electron chi connectivity index (χ0n) is 16.8. The first kappa shape index (κ1) is 23.0. The zero-order chi connectivity index (χ0) is 21.8. The molecule has 0 spiro atoms. The second-order valence-corrected chi connectivity index (χ2v) is 7.56. The molecule has 0 radical (unpaired) electrons. The van der Waals surface area contributed by atoms with Gasteiger partial charge in [-0.3, -0.25) is 0 Å². The number of halogens is 1. The summed E-state index contributed by atoms with van der Waals surface area (Å²) in [5.74, 6) is 0.747. The summed E-state index contributed by atoms with van der Waals surface area (Å²) in [6.45, 7) is 1.99. The molecule has 1 heterocycles. The molecule has 6 atom stereocenters. The van der Waals surface area contributed by atoms with Crippen molar-refractivity contribution in [2.24, 2.45) is 0 Å². The van der Waals surface area contributed by atoms with E-state index in [1.165, 1.54) is 0 Å². The van der Waals surface area contributed by atoms with Gasteiger partial charge < -0.3 is 34.6 Å². The first-order valence-electron chi connectivity index (χ1n) is 9.76. The highest BCUT2D eigenvalue weighted by Crippen LogP contribution is 2.37. The quantitative estimate of drug-likeness (QED) is 0.523. The predicted molar refractivity (Wildman–Crippen MR) is 111 cm³/mol. The summed E-state index contributed by atoms with van der Waals surface area (Å²) >= 11 is 6.45. The highest BCUT2D eigenvalue weighted by molar-refractivity contribution is 6.31. The fraction of sp³-hybridized carbons (Fsp3) is 0.455. The summed E-state index contributed by atoms with van der Waals surface area (Å²) in [4.78, 5) is 0. The van der Waals surface area contributed by atoms with E-state index >= 15 is 0 Å². The van der Waals surface area contributed by atoms with Crippen molar-refractivity contribution in [3.05, 3.63) is 64.2 Å². The Morgan fingerprint density at radius 1 is 1.03 bits per heavy atom. The summed E-state index contributed by atoms with van der Waals surface area (Å²) in [5, 5.41) is 40.4. The number of aliphatic hydroxyl groups is 4. The Balaban J connectivity index is 1.93. The van der Waals surface area contributed by atoms with Gasteiger partial charge in [-0.15, -0.1) is 0 Å². The Hall–Kier alpha value is -1.71. The van der Waals surface area contributed by atoms with E-state index in [1.807, 2.05) is 31.2 Å². The van der Waals surface area contributed by atoms with Crippen molar-refractivity contribution in [1.29, 1.82) is 0 Å². The average molecular weight is 439 g/mol. The fourth-order valence-corrected chi connectivity index (χ4v) is 3.88. The third kappa shape index (κ3) is 4.63. The van der Waals surface area contributed by atoms with Crippen LogP contribution in [0, 0.1) is 0 Å². The molecule has 7 nitrogen and oxygen atoms in total. The van der Waals surface area contributed by atoms with Crippen LogP contribution in [0.4, 0.5) is 0 Å². The van der Waals surface area contributed by atoms with Crippen LogP contribution >= 0.6 is 11.6 Å². The molecule has 2 aromatic carbocycles. The molecule has 1 saturated heterocycles. The normalized spacial score (nSPS) is 27.6. The number of hydrogen-bond acceptors (Lipinski definition) is 7. The predicted octanol–water partition coefficient (Wildman–Crippen LogP) is 1.99. The number of methoxy groups -OCH3 is 1. The lowest BCUT2D eigenvalue weighted by Gasteiger charge is -2.40. The van der Waals surface area contributed by atoms with Crippen LogP contribution in [-0.2, 0) is 9.47 Å². The van der Waals surface area contributed by atoms with Crippen LogP contribution in [0.25, 0.3) is 0 Å². The molecule has 1 unspecified atom stereocenters. The smallest absolute Gasteiger partial charge is 0.119 e. The molecule has 1 aliphatic rings. The minimum Gasteiger partial charge on any atom is -0.494 e. The van der Waals surface area contributed by atoms with Crippen molar-refractivity contribution in [3.8, 4) is 5.75 Å².